The minimum Gasteiger partial charge on any atom is -0.339 e. The predicted molar refractivity (Wildman–Crippen MR) is 53.2 cm³/mol. The van der Waals surface area contributed by atoms with E-state index in [0.29, 0.717) is 5.92 Å². The molecule has 1 atom stereocenters. The van der Waals surface area contributed by atoms with Crippen molar-refractivity contribution in [1.29, 1.82) is 5.26 Å². The number of rotatable bonds is 4. The maximum absolute atomic E-state index is 8.78. The summed E-state index contributed by atoms with van der Waals surface area (Å²) in [5, 5.41) is 8.78. The summed E-state index contributed by atoms with van der Waals surface area (Å²) >= 11 is 0. The smallest absolute Gasteiger partial charge is 0.120 e. The number of hydrogen-bond donors (Lipinski definition) is 0. The molecule has 0 fully saturated rings. The van der Waals surface area contributed by atoms with Gasteiger partial charge in [0, 0.05) is 12.7 Å². The summed E-state index contributed by atoms with van der Waals surface area (Å²) in [5.74, 6) is 0.657. The normalized spacial score (nSPS) is 12.4. The quantitative estimate of drug-likeness (QED) is 0.693. The average Bonchev–Trinajstić information content (AvgIpc) is 2.52. The minimum atomic E-state index is 0.657. The molecule has 0 radical (unpaired) electrons. The van der Waals surface area contributed by atoms with Gasteiger partial charge < -0.3 is 4.57 Å². The standard InChI is InChI=1S/C11H16N2/c1-3-5-10(2)9-13-7-4-6-11(13)8-12/h4,6-7,10H,3,5,9H2,1-2H3. The molecule has 0 aliphatic rings. The molecule has 1 aromatic rings. The van der Waals surface area contributed by atoms with Crippen molar-refractivity contribution in [2.24, 2.45) is 5.92 Å². The van der Waals surface area contributed by atoms with Gasteiger partial charge in [-0.25, -0.2) is 0 Å². The van der Waals surface area contributed by atoms with E-state index in [1.807, 2.05) is 22.9 Å². The molecule has 1 unspecified atom stereocenters. The van der Waals surface area contributed by atoms with Gasteiger partial charge in [-0.05, 0) is 24.5 Å². The molecule has 0 N–H and O–H groups in total. The van der Waals surface area contributed by atoms with E-state index in [9.17, 15) is 0 Å². The molecule has 0 saturated heterocycles. The third-order valence-corrected chi connectivity index (χ3v) is 2.23. The fourth-order valence-electron chi connectivity index (χ4n) is 1.59. The highest BCUT2D eigenvalue weighted by Gasteiger charge is 2.04. The highest BCUT2D eigenvalue weighted by Crippen LogP contribution is 2.10. The van der Waals surface area contributed by atoms with Gasteiger partial charge in [0.2, 0.25) is 0 Å². The molecule has 1 rings (SSSR count). The van der Waals surface area contributed by atoms with Crippen LogP contribution in [0.2, 0.25) is 0 Å². The summed E-state index contributed by atoms with van der Waals surface area (Å²) in [4.78, 5) is 0. The Morgan fingerprint density at radius 2 is 2.38 bits per heavy atom. The van der Waals surface area contributed by atoms with Crippen LogP contribution >= 0.6 is 0 Å². The molecular formula is C11H16N2. The lowest BCUT2D eigenvalue weighted by Gasteiger charge is -2.11. The maximum Gasteiger partial charge on any atom is 0.120 e. The fourth-order valence-corrected chi connectivity index (χ4v) is 1.59. The van der Waals surface area contributed by atoms with Gasteiger partial charge in [-0.1, -0.05) is 20.3 Å². The second kappa shape index (κ2) is 4.71. The SMILES string of the molecule is CCCC(C)Cn1cccc1C#N. The van der Waals surface area contributed by atoms with Crippen LogP contribution in [0.4, 0.5) is 0 Å². The predicted octanol–water partition coefficient (Wildman–Crippen LogP) is 2.80. The second-order valence-corrected chi connectivity index (χ2v) is 3.55. The van der Waals surface area contributed by atoms with E-state index in [0.717, 1.165) is 12.2 Å². The van der Waals surface area contributed by atoms with Gasteiger partial charge >= 0.3 is 0 Å². The van der Waals surface area contributed by atoms with E-state index in [-0.39, 0.29) is 0 Å². The second-order valence-electron chi connectivity index (χ2n) is 3.55. The first-order valence-corrected chi connectivity index (χ1v) is 4.83. The van der Waals surface area contributed by atoms with Crippen molar-refractivity contribution in [1.82, 2.24) is 4.57 Å². The molecule has 2 nitrogen and oxygen atoms in total. The van der Waals surface area contributed by atoms with Gasteiger partial charge in [0.1, 0.15) is 11.8 Å². The summed E-state index contributed by atoms with van der Waals surface area (Å²) in [6, 6.07) is 5.97. The largest absolute Gasteiger partial charge is 0.339 e. The van der Waals surface area contributed by atoms with Gasteiger partial charge in [-0.2, -0.15) is 5.26 Å². The van der Waals surface area contributed by atoms with Crippen molar-refractivity contribution in [2.45, 2.75) is 33.2 Å². The van der Waals surface area contributed by atoms with Crippen LogP contribution in [-0.4, -0.2) is 4.57 Å². The van der Waals surface area contributed by atoms with Gasteiger partial charge in [0.25, 0.3) is 0 Å². The van der Waals surface area contributed by atoms with Crippen LogP contribution in [-0.2, 0) is 6.54 Å². The van der Waals surface area contributed by atoms with E-state index in [2.05, 4.69) is 19.9 Å². The molecule has 70 valence electrons. The first kappa shape index (κ1) is 9.85. The lowest BCUT2D eigenvalue weighted by atomic mass is 10.1. The Hall–Kier alpha value is -1.23. The Morgan fingerprint density at radius 3 is 3.00 bits per heavy atom. The number of nitrogens with zero attached hydrogens (tertiary/aromatic N) is 2. The topological polar surface area (TPSA) is 28.7 Å². The van der Waals surface area contributed by atoms with Crippen LogP contribution in [0.5, 0.6) is 0 Å². The zero-order chi connectivity index (χ0) is 9.68. The molecule has 13 heavy (non-hydrogen) atoms. The van der Waals surface area contributed by atoms with Crippen molar-refractivity contribution >= 4 is 0 Å². The third kappa shape index (κ3) is 2.62. The van der Waals surface area contributed by atoms with Crippen molar-refractivity contribution in [3.05, 3.63) is 24.0 Å². The van der Waals surface area contributed by atoms with Gasteiger partial charge in [-0.15, -0.1) is 0 Å². The first-order chi connectivity index (χ1) is 6.27. The Balaban J connectivity index is 2.59. The molecule has 1 aromatic heterocycles. The molecule has 0 saturated carbocycles. The average molecular weight is 176 g/mol. The van der Waals surface area contributed by atoms with E-state index in [1.54, 1.807) is 0 Å². The van der Waals surface area contributed by atoms with Crippen molar-refractivity contribution in [2.75, 3.05) is 0 Å². The van der Waals surface area contributed by atoms with Crippen LogP contribution in [0, 0.1) is 17.2 Å². The monoisotopic (exact) mass is 176 g/mol. The molecule has 1 heterocycles. The van der Waals surface area contributed by atoms with E-state index < -0.39 is 0 Å². The number of hydrogen-bond acceptors (Lipinski definition) is 1. The number of aromatic nitrogens is 1. The van der Waals surface area contributed by atoms with Crippen LogP contribution in [0.3, 0.4) is 0 Å². The molecule has 0 amide bonds. The summed E-state index contributed by atoms with van der Waals surface area (Å²) in [6.07, 6.45) is 4.41. The minimum absolute atomic E-state index is 0.657. The van der Waals surface area contributed by atoms with Crippen molar-refractivity contribution in [3.8, 4) is 6.07 Å². The molecule has 0 aliphatic heterocycles. The van der Waals surface area contributed by atoms with Gasteiger partial charge in [0.05, 0.1) is 0 Å². The Labute approximate surface area is 79.8 Å². The molecule has 0 aromatic carbocycles. The highest BCUT2D eigenvalue weighted by atomic mass is 15.0. The van der Waals surface area contributed by atoms with Crippen LogP contribution < -0.4 is 0 Å². The van der Waals surface area contributed by atoms with Crippen LogP contribution in [0.1, 0.15) is 32.4 Å². The lowest BCUT2D eigenvalue weighted by Crippen LogP contribution is -2.07. The van der Waals surface area contributed by atoms with E-state index >= 15 is 0 Å². The summed E-state index contributed by atoms with van der Waals surface area (Å²) in [6.45, 7) is 5.38. The zero-order valence-corrected chi connectivity index (χ0v) is 8.33. The maximum atomic E-state index is 8.78. The van der Waals surface area contributed by atoms with Crippen LogP contribution in [0.15, 0.2) is 18.3 Å². The zero-order valence-electron chi connectivity index (χ0n) is 8.33. The van der Waals surface area contributed by atoms with E-state index in [4.69, 9.17) is 5.26 Å². The molecule has 0 aliphatic carbocycles. The Kier molecular flexibility index (Phi) is 3.57. The lowest BCUT2D eigenvalue weighted by molar-refractivity contribution is 0.445. The van der Waals surface area contributed by atoms with Crippen molar-refractivity contribution < 1.29 is 0 Å². The van der Waals surface area contributed by atoms with Gasteiger partial charge in [-0.3, -0.25) is 0 Å². The molecule has 2 heteroatoms. The Morgan fingerprint density at radius 1 is 1.62 bits per heavy atom. The molecular weight excluding hydrogens is 160 g/mol. The highest BCUT2D eigenvalue weighted by molar-refractivity contribution is 5.21. The first-order valence-electron chi connectivity index (χ1n) is 4.83. The summed E-state index contributed by atoms with van der Waals surface area (Å²) < 4.78 is 2.03. The van der Waals surface area contributed by atoms with Crippen LogP contribution in [0.25, 0.3) is 0 Å². The van der Waals surface area contributed by atoms with E-state index in [1.165, 1.54) is 12.8 Å². The van der Waals surface area contributed by atoms with Crippen molar-refractivity contribution in [3.63, 3.8) is 0 Å². The fraction of sp³-hybridized carbons (Fsp3) is 0.545. The third-order valence-electron chi connectivity index (χ3n) is 2.23. The van der Waals surface area contributed by atoms with Gasteiger partial charge in [0.15, 0.2) is 0 Å². The summed E-state index contributed by atoms with van der Waals surface area (Å²) in [5.41, 5.74) is 0.767. The summed E-state index contributed by atoms with van der Waals surface area (Å²) in [7, 11) is 0. The molecule has 0 spiro atoms. The number of nitriles is 1. The molecule has 0 bridgehead atoms. The Bertz CT molecular complexity index is 293.